The molecule has 0 fully saturated rings. The molecule has 25 heavy (non-hydrogen) atoms. The lowest BCUT2D eigenvalue weighted by molar-refractivity contribution is 0.185. The highest BCUT2D eigenvalue weighted by atomic mass is 31.2. The second-order valence-electron chi connectivity index (χ2n) is 6.82. The summed E-state index contributed by atoms with van der Waals surface area (Å²) in [6.07, 6.45) is 8.81. The van der Waals surface area contributed by atoms with Crippen molar-refractivity contribution < 1.29 is 19.5 Å². The first-order valence-corrected chi connectivity index (χ1v) is 11.2. The lowest BCUT2D eigenvalue weighted by Gasteiger charge is -2.12. The summed E-state index contributed by atoms with van der Waals surface area (Å²) in [4.78, 5) is 17.6. The Morgan fingerprint density at radius 3 is 2.12 bits per heavy atom. The summed E-state index contributed by atoms with van der Waals surface area (Å²) in [5, 5.41) is 12.6. The van der Waals surface area contributed by atoms with Crippen molar-refractivity contribution in [2.75, 3.05) is 12.7 Å². The van der Waals surface area contributed by atoms with Crippen LogP contribution in [0.2, 0.25) is 0 Å². The number of hydrogen-bond acceptors (Lipinski definition) is 3. The van der Waals surface area contributed by atoms with Gasteiger partial charge in [-0.3, -0.25) is 4.57 Å². The average Bonchev–Trinajstić information content (AvgIpc) is 2.54. The van der Waals surface area contributed by atoms with Crippen molar-refractivity contribution in [3.63, 3.8) is 0 Å². The first-order chi connectivity index (χ1) is 11.9. The second kappa shape index (κ2) is 12.6. The van der Waals surface area contributed by atoms with Crippen LogP contribution in [0.3, 0.4) is 0 Å². The van der Waals surface area contributed by atoms with Crippen molar-refractivity contribution in [2.24, 2.45) is 0 Å². The van der Waals surface area contributed by atoms with E-state index in [1.807, 2.05) is 0 Å². The molecule has 0 amide bonds. The zero-order valence-electron chi connectivity index (χ0n) is 15.4. The summed E-state index contributed by atoms with van der Waals surface area (Å²) >= 11 is 0. The van der Waals surface area contributed by atoms with Gasteiger partial charge in [0.15, 0.2) is 0 Å². The van der Waals surface area contributed by atoms with Gasteiger partial charge in [0.1, 0.15) is 0 Å². The topological polar surface area (TPSA) is 89.8 Å². The molecule has 0 aliphatic rings. The minimum Gasteiger partial charge on any atom is -0.391 e. The summed E-state index contributed by atoms with van der Waals surface area (Å²) in [6.45, 7) is 2.99. The molecule has 0 heterocycles. The Labute approximate surface area is 152 Å². The molecule has 144 valence electrons. The van der Waals surface area contributed by atoms with Crippen LogP contribution in [0.5, 0.6) is 0 Å². The molecule has 1 unspecified atom stereocenters. The van der Waals surface area contributed by atoms with Gasteiger partial charge < -0.3 is 20.2 Å². The molecular weight excluding hydrogens is 337 g/mol. The highest BCUT2D eigenvalue weighted by Crippen LogP contribution is 2.34. The molecule has 4 N–H and O–H groups in total. The molecule has 0 spiro atoms. The van der Waals surface area contributed by atoms with E-state index >= 15 is 0 Å². The number of nitrogens with one attached hydrogen (secondary N) is 1. The summed E-state index contributed by atoms with van der Waals surface area (Å²) in [6, 6.07) is 8.41. The van der Waals surface area contributed by atoms with Gasteiger partial charge in [0, 0.05) is 13.1 Å². The van der Waals surface area contributed by atoms with Crippen LogP contribution in [-0.2, 0) is 17.5 Å². The fraction of sp³-hybridized carbons (Fsp3) is 0.684. The van der Waals surface area contributed by atoms with E-state index in [9.17, 15) is 9.67 Å². The maximum atomic E-state index is 10.8. The van der Waals surface area contributed by atoms with E-state index in [2.05, 4.69) is 36.5 Å². The van der Waals surface area contributed by atoms with Gasteiger partial charge in [-0.15, -0.1) is 0 Å². The normalized spacial score (nSPS) is 13.1. The zero-order valence-corrected chi connectivity index (χ0v) is 16.3. The van der Waals surface area contributed by atoms with E-state index in [-0.39, 0.29) is 6.54 Å². The van der Waals surface area contributed by atoms with Gasteiger partial charge in [0.25, 0.3) is 0 Å². The number of benzene rings is 1. The number of aliphatic hydroxyl groups excluding tert-OH is 1. The van der Waals surface area contributed by atoms with Crippen LogP contribution in [0.25, 0.3) is 0 Å². The predicted octanol–water partition coefficient (Wildman–Crippen LogP) is 3.61. The number of aryl methyl sites for hydroxylation is 1. The fourth-order valence-electron chi connectivity index (χ4n) is 2.83. The van der Waals surface area contributed by atoms with Gasteiger partial charge in [0.2, 0.25) is 0 Å². The van der Waals surface area contributed by atoms with Crippen LogP contribution in [0.4, 0.5) is 0 Å². The van der Waals surface area contributed by atoms with Crippen LogP contribution in [0.15, 0.2) is 24.3 Å². The van der Waals surface area contributed by atoms with Crippen LogP contribution in [0, 0.1) is 0 Å². The number of rotatable bonds is 14. The molecule has 0 aromatic heterocycles. The fourth-order valence-corrected chi connectivity index (χ4v) is 3.51. The van der Waals surface area contributed by atoms with Crippen LogP contribution >= 0.6 is 7.60 Å². The van der Waals surface area contributed by atoms with Gasteiger partial charge in [0.05, 0.1) is 12.3 Å². The Morgan fingerprint density at radius 1 is 0.960 bits per heavy atom. The quantitative estimate of drug-likeness (QED) is 0.296. The van der Waals surface area contributed by atoms with Crippen molar-refractivity contribution in [2.45, 2.75) is 70.9 Å². The molecule has 0 saturated heterocycles. The standard InChI is InChI=1S/C19H34NO4P/c1-2-3-4-5-6-7-8-9-17-10-12-18(13-11-17)14-20-15-19(21)16-25(22,23)24/h10-13,19-21H,2-9,14-16H2,1H3,(H2,22,23,24). The number of unbranched alkanes of at least 4 members (excludes halogenated alkanes) is 6. The van der Waals surface area contributed by atoms with E-state index < -0.39 is 19.9 Å². The summed E-state index contributed by atoms with van der Waals surface area (Å²) in [5.74, 6) is 0. The zero-order chi connectivity index (χ0) is 18.5. The molecule has 1 rings (SSSR count). The molecule has 1 aromatic rings. The van der Waals surface area contributed by atoms with Crippen LogP contribution in [0.1, 0.15) is 63.0 Å². The lowest BCUT2D eigenvalue weighted by atomic mass is 10.0. The summed E-state index contributed by atoms with van der Waals surface area (Å²) in [5.41, 5.74) is 2.45. The maximum absolute atomic E-state index is 10.8. The lowest BCUT2D eigenvalue weighted by Crippen LogP contribution is -2.29. The molecular formula is C19H34NO4P. The predicted molar refractivity (Wildman–Crippen MR) is 103 cm³/mol. The SMILES string of the molecule is CCCCCCCCCc1ccc(CNCC(O)CP(=O)(O)O)cc1. The molecule has 1 atom stereocenters. The largest absolute Gasteiger partial charge is 0.391 e. The third kappa shape index (κ3) is 12.3. The summed E-state index contributed by atoms with van der Waals surface area (Å²) in [7, 11) is -4.15. The highest BCUT2D eigenvalue weighted by molar-refractivity contribution is 7.51. The summed E-state index contributed by atoms with van der Waals surface area (Å²) < 4.78 is 10.8. The third-order valence-electron chi connectivity index (χ3n) is 4.25. The minimum absolute atomic E-state index is 0.172. The van der Waals surface area contributed by atoms with Crippen LogP contribution < -0.4 is 5.32 Å². The van der Waals surface area contributed by atoms with Crippen molar-refractivity contribution in [3.05, 3.63) is 35.4 Å². The second-order valence-corrected chi connectivity index (χ2v) is 8.51. The van der Waals surface area contributed by atoms with E-state index in [4.69, 9.17) is 9.79 Å². The molecule has 0 saturated carbocycles. The molecule has 0 aliphatic heterocycles. The Balaban J connectivity index is 2.15. The Kier molecular flexibility index (Phi) is 11.3. The van der Waals surface area contributed by atoms with E-state index in [0.29, 0.717) is 6.54 Å². The van der Waals surface area contributed by atoms with E-state index in [0.717, 1.165) is 12.0 Å². The Bertz CT molecular complexity index is 501. The van der Waals surface area contributed by atoms with Gasteiger partial charge in [-0.2, -0.15) is 0 Å². The van der Waals surface area contributed by atoms with Crippen LogP contribution in [-0.4, -0.2) is 33.7 Å². The number of aliphatic hydroxyl groups is 1. The third-order valence-corrected chi connectivity index (χ3v) is 5.15. The average molecular weight is 371 g/mol. The monoisotopic (exact) mass is 371 g/mol. The molecule has 0 bridgehead atoms. The molecule has 6 heteroatoms. The Hall–Kier alpha value is -0.710. The molecule has 1 aromatic carbocycles. The van der Waals surface area contributed by atoms with Crippen molar-refractivity contribution in [1.82, 2.24) is 5.32 Å². The molecule has 0 radical (unpaired) electrons. The van der Waals surface area contributed by atoms with E-state index in [1.165, 1.54) is 50.5 Å². The van der Waals surface area contributed by atoms with Crippen molar-refractivity contribution in [1.29, 1.82) is 0 Å². The van der Waals surface area contributed by atoms with E-state index in [1.54, 1.807) is 0 Å². The first kappa shape index (κ1) is 22.3. The maximum Gasteiger partial charge on any atom is 0.328 e. The molecule has 5 nitrogen and oxygen atoms in total. The van der Waals surface area contributed by atoms with Crippen molar-refractivity contribution in [3.8, 4) is 0 Å². The highest BCUT2D eigenvalue weighted by Gasteiger charge is 2.18. The molecule has 0 aliphatic carbocycles. The number of hydrogen-bond donors (Lipinski definition) is 4. The van der Waals surface area contributed by atoms with Gasteiger partial charge >= 0.3 is 7.60 Å². The Morgan fingerprint density at radius 2 is 1.52 bits per heavy atom. The first-order valence-electron chi connectivity index (χ1n) is 9.42. The minimum atomic E-state index is -4.15. The van der Waals surface area contributed by atoms with Crippen molar-refractivity contribution >= 4 is 7.60 Å². The van der Waals surface area contributed by atoms with Gasteiger partial charge in [-0.1, -0.05) is 69.7 Å². The smallest absolute Gasteiger partial charge is 0.328 e. The van der Waals surface area contributed by atoms with Gasteiger partial charge in [-0.05, 0) is 24.0 Å². The van der Waals surface area contributed by atoms with Gasteiger partial charge in [-0.25, -0.2) is 0 Å².